The van der Waals surface area contributed by atoms with Crippen LogP contribution in [0.3, 0.4) is 0 Å². The number of ether oxygens (including phenoxy) is 2. The van der Waals surface area contributed by atoms with Crippen LogP contribution in [0.5, 0.6) is 11.5 Å². The maximum Gasteiger partial charge on any atom is 0.264 e. The van der Waals surface area contributed by atoms with Crippen LogP contribution < -0.4 is 19.1 Å². The van der Waals surface area contributed by atoms with Crippen LogP contribution in [0.2, 0.25) is 5.02 Å². The number of halogens is 1. The molecule has 1 aliphatic rings. The van der Waals surface area contributed by atoms with Gasteiger partial charge in [0.15, 0.2) is 0 Å². The molecule has 4 rings (SSSR count). The minimum absolute atomic E-state index is 0.0487. The predicted octanol–water partition coefficient (Wildman–Crippen LogP) is 5.58. The van der Waals surface area contributed by atoms with Gasteiger partial charge in [-0.25, -0.2) is 8.42 Å². The van der Waals surface area contributed by atoms with Gasteiger partial charge in [-0.2, -0.15) is 0 Å². The van der Waals surface area contributed by atoms with Crippen molar-refractivity contribution in [2.45, 2.75) is 50.7 Å². The number of fused-ring (bicyclic) bond motifs is 1. The van der Waals surface area contributed by atoms with E-state index >= 15 is 0 Å². The second-order valence-electron chi connectivity index (χ2n) is 9.82. The number of rotatable bonds is 7. The number of carbonyl (C=O) groups excluding carboxylic acids is 1. The van der Waals surface area contributed by atoms with Crippen molar-refractivity contribution < 1.29 is 22.7 Å². The highest BCUT2D eigenvalue weighted by Gasteiger charge is 2.36. The molecular formula is C28H31ClN2O5S. The summed E-state index contributed by atoms with van der Waals surface area (Å²) in [6.07, 6.45) is 0.519. The Morgan fingerprint density at radius 1 is 1.08 bits per heavy atom. The van der Waals surface area contributed by atoms with E-state index in [0.29, 0.717) is 28.6 Å². The van der Waals surface area contributed by atoms with Crippen LogP contribution in [-0.2, 0) is 14.8 Å². The van der Waals surface area contributed by atoms with Gasteiger partial charge in [-0.15, -0.1) is 0 Å². The van der Waals surface area contributed by atoms with E-state index in [1.165, 1.54) is 24.3 Å². The highest BCUT2D eigenvalue weighted by atomic mass is 35.5. The van der Waals surface area contributed by atoms with Gasteiger partial charge >= 0.3 is 0 Å². The molecule has 0 aromatic heterocycles. The number of carbonyl (C=O) groups is 1. The van der Waals surface area contributed by atoms with Crippen LogP contribution in [0.15, 0.2) is 65.6 Å². The first kappa shape index (κ1) is 26.8. The number of amides is 1. The minimum atomic E-state index is -4.06. The van der Waals surface area contributed by atoms with Gasteiger partial charge in [0.1, 0.15) is 23.6 Å². The van der Waals surface area contributed by atoms with Crippen molar-refractivity contribution in [1.82, 2.24) is 5.32 Å². The monoisotopic (exact) mass is 542 g/mol. The molecular weight excluding hydrogens is 512 g/mol. The largest absolute Gasteiger partial charge is 0.497 e. The molecule has 0 spiro atoms. The summed E-state index contributed by atoms with van der Waals surface area (Å²) < 4.78 is 40.0. The molecule has 196 valence electrons. The smallest absolute Gasteiger partial charge is 0.264 e. The van der Waals surface area contributed by atoms with Crippen LogP contribution in [0.25, 0.3) is 0 Å². The van der Waals surface area contributed by atoms with Gasteiger partial charge in [0.05, 0.1) is 23.7 Å². The summed E-state index contributed by atoms with van der Waals surface area (Å²) in [5, 5.41) is 3.46. The lowest BCUT2D eigenvalue weighted by molar-refractivity contribution is -0.120. The first-order chi connectivity index (χ1) is 17.4. The van der Waals surface area contributed by atoms with Crippen LogP contribution in [0, 0.1) is 13.8 Å². The van der Waals surface area contributed by atoms with E-state index in [9.17, 15) is 13.2 Å². The van der Waals surface area contributed by atoms with Crippen LogP contribution >= 0.6 is 11.6 Å². The number of hydrogen-bond donors (Lipinski definition) is 1. The average molecular weight is 543 g/mol. The predicted molar refractivity (Wildman–Crippen MR) is 145 cm³/mol. The molecule has 1 unspecified atom stereocenters. The summed E-state index contributed by atoms with van der Waals surface area (Å²) in [7, 11) is -2.48. The topological polar surface area (TPSA) is 84.9 Å². The molecule has 37 heavy (non-hydrogen) atoms. The van der Waals surface area contributed by atoms with E-state index in [4.69, 9.17) is 21.1 Å². The first-order valence-electron chi connectivity index (χ1n) is 11.9. The molecule has 1 N–H and O–H groups in total. The van der Waals surface area contributed by atoms with Crippen molar-refractivity contribution in [2.24, 2.45) is 0 Å². The third-order valence-electron chi connectivity index (χ3n) is 6.48. The van der Waals surface area contributed by atoms with Crippen molar-refractivity contribution in [3.63, 3.8) is 0 Å². The molecule has 0 fully saturated rings. The fraction of sp³-hybridized carbons (Fsp3) is 0.321. The molecule has 0 radical (unpaired) electrons. The van der Waals surface area contributed by atoms with Gasteiger partial charge in [0.25, 0.3) is 10.0 Å². The second kappa shape index (κ2) is 10.3. The van der Waals surface area contributed by atoms with Crippen LogP contribution in [0.1, 0.15) is 43.0 Å². The quantitative estimate of drug-likeness (QED) is 0.421. The summed E-state index contributed by atoms with van der Waals surface area (Å²) in [5.41, 5.74) is 2.62. The Balaban J connectivity index is 1.66. The van der Waals surface area contributed by atoms with E-state index in [1.54, 1.807) is 25.3 Å². The number of aryl methyl sites for hydroxylation is 2. The molecule has 1 heterocycles. The molecule has 7 nitrogen and oxygen atoms in total. The zero-order chi connectivity index (χ0) is 27.0. The van der Waals surface area contributed by atoms with Crippen molar-refractivity contribution in [1.29, 1.82) is 0 Å². The summed E-state index contributed by atoms with van der Waals surface area (Å²) in [4.78, 5) is 13.5. The van der Waals surface area contributed by atoms with Gasteiger partial charge in [-0.05, 0) is 87.4 Å². The second-order valence-corrected chi connectivity index (χ2v) is 12.1. The molecule has 0 aliphatic carbocycles. The zero-order valence-corrected chi connectivity index (χ0v) is 23.1. The number of nitrogens with zero attached hydrogens (tertiary/aromatic N) is 1. The molecule has 1 aliphatic heterocycles. The van der Waals surface area contributed by atoms with E-state index in [-0.39, 0.29) is 10.9 Å². The van der Waals surface area contributed by atoms with E-state index < -0.39 is 28.1 Å². The van der Waals surface area contributed by atoms with E-state index in [2.05, 4.69) is 5.32 Å². The Hall–Kier alpha value is -3.23. The SMILES string of the molecule is COc1ccc2c(c1)OC(C)(C)CC2NC(=O)CN(c1ccc(C)c(C)c1)S(=O)(=O)c1ccc(Cl)cc1. The number of anilines is 1. The lowest BCUT2D eigenvalue weighted by Crippen LogP contribution is -2.45. The lowest BCUT2D eigenvalue weighted by Gasteiger charge is -2.38. The van der Waals surface area contributed by atoms with Crippen molar-refractivity contribution >= 4 is 33.2 Å². The molecule has 1 atom stereocenters. The maximum absolute atomic E-state index is 13.7. The van der Waals surface area contributed by atoms with Gasteiger partial charge in [0, 0.05) is 23.1 Å². The molecule has 0 saturated carbocycles. The number of nitrogens with one attached hydrogen (secondary N) is 1. The summed E-state index contributed by atoms with van der Waals surface area (Å²) in [5.74, 6) is 0.845. The number of sulfonamides is 1. The lowest BCUT2D eigenvalue weighted by atomic mass is 9.89. The molecule has 3 aromatic rings. The number of benzene rings is 3. The number of methoxy groups -OCH3 is 1. The van der Waals surface area contributed by atoms with Gasteiger partial charge in [-0.3, -0.25) is 9.10 Å². The van der Waals surface area contributed by atoms with Crippen molar-refractivity contribution in [2.75, 3.05) is 18.0 Å². The summed E-state index contributed by atoms with van der Waals surface area (Å²) in [6, 6.07) is 16.3. The Morgan fingerprint density at radius 3 is 2.43 bits per heavy atom. The van der Waals surface area contributed by atoms with Crippen LogP contribution in [-0.4, -0.2) is 33.6 Å². The molecule has 9 heteroatoms. The summed E-state index contributed by atoms with van der Waals surface area (Å²) in [6.45, 7) is 7.35. The van der Waals surface area contributed by atoms with Gasteiger partial charge < -0.3 is 14.8 Å². The molecule has 0 bridgehead atoms. The van der Waals surface area contributed by atoms with E-state index in [0.717, 1.165) is 21.0 Å². The molecule has 3 aromatic carbocycles. The summed E-state index contributed by atoms with van der Waals surface area (Å²) >= 11 is 5.98. The first-order valence-corrected chi connectivity index (χ1v) is 13.7. The fourth-order valence-corrected chi connectivity index (χ4v) is 5.93. The number of hydrogen-bond acceptors (Lipinski definition) is 5. The highest BCUT2D eigenvalue weighted by Crippen LogP contribution is 2.41. The third kappa shape index (κ3) is 5.86. The van der Waals surface area contributed by atoms with Crippen molar-refractivity contribution in [3.8, 4) is 11.5 Å². The van der Waals surface area contributed by atoms with E-state index in [1.807, 2.05) is 45.9 Å². The average Bonchev–Trinajstić information content (AvgIpc) is 2.83. The standard InChI is InChI=1S/C28H31ClN2O5S/c1-18-6-9-21(14-19(18)2)31(37(33,34)23-11-7-20(29)8-12-23)17-27(32)30-25-16-28(3,4)36-26-15-22(35-5)10-13-24(25)26/h6-15,25H,16-17H2,1-5H3,(H,30,32). The zero-order valence-electron chi connectivity index (χ0n) is 21.5. The fourth-order valence-electron chi connectivity index (χ4n) is 4.39. The van der Waals surface area contributed by atoms with Gasteiger partial charge in [0.2, 0.25) is 5.91 Å². The third-order valence-corrected chi connectivity index (χ3v) is 8.52. The van der Waals surface area contributed by atoms with Crippen molar-refractivity contribution in [3.05, 3.63) is 82.4 Å². The molecule has 0 saturated heterocycles. The highest BCUT2D eigenvalue weighted by molar-refractivity contribution is 7.92. The van der Waals surface area contributed by atoms with Crippen LogP contribution in [0.4, 0.5) is 5.69 Å². The van der Waals surface area contributed by atoms with Gasteiger partial charge in [-0.1, -0.05) is 17.7 Å². The minimum Gasteiger partial charge on any atom is -0.497 e. The maximum atomic E-state index is 13.7. The molecule has 1 amide bonds. The Labute approximate surface area is 223 Å². The Morgan fingerprint density at radius 2 is 1.78 bits per heavy atom. The Bertz CT molecular complexity index is 1420. The normalized spacial score (nSPS) is 16.3. The Kier molecular flexibility index (Phi) is 7.44.